The Kier molecular flexibility index (Phi) is 8.45. The highest BCUT2D eigenvalue weighted by Gasteiger charge is 2.24. The lowest BCUT2D eigenvalue weighted by Crippen LogP contribution is -2.32. The Labute approximate surface area is 112 Å². The summed E-state index contributed by atoms with van der Waals surface area (Å²) >= 11 is 0. The van der Waals surface area contributed by atoms with E-state index in [1.165, 1.54) is 0 Å². The molecule has 108 valence electrons. The van der Waals surface area contributed by atoms with Crippen molar-refractivity contribution in [1.82, 2.24) is 0 Å². The summed E-state index contributed by atoms with van der Waals surface area (Å²) in [7, 11) is 0. The molecule has 0 aliphatic carbocycles. The quantitative estimate of drug-likeness (QED) is 0.653. The minimum Gasteiger partial charge on any atom is -0.393 e. The topological polar surface area (TPSA) is 46.5 Å². The zero-order valence-corrected chi connectivity index (χ0v) is 12.7. The van der Waals surface area contributed by atoms with Crippen LogP contribution in [0.4, 0.5) is 0 Å². The fourth-order valence-corrected chi connectivity index (χ4v) is 2.20. The minimum atomic E-state index is -0.438. The molecule has 3 nitrogen and oxygen atoms in total. The van der Waals surface area contributed by atoms with Crippen LogP contribution in [0.3, 0.4) is 0 Å². The first-order chi connectivity index (χ1) is 8.32. The van der Waals surface area contributed by atoms with E-state index in [9.17, 15) is 9.90 Å². The van der Waals surface area contributed by atoms with Crippen molar-refractivity contribution in [2.45, 2.75) is 78.4 Å². The average Bonchev–Trinajstić information content (AvgIpc) is 2.26. The van der Waals surface area contributed by atoms with Crippen LogP contribution in [0.15, 0.2) is 0 Å². The average molecular weight is 258 g/mol. The lowest BCUT2D eigenvalue weighted by molar-refractivity contribution is -0.135. The summed E-state index contributed by atoms with van der Waals surface area (Å²) in [6.07, 6.45) is 4.22. The van der Waals surface area contributed by atoms with Gasteiger partial charge in [-0.3, -0.25) is 4.79 Å². The Balaban J connectivity index is 4.13. The van der Waals surface area contributed by atoms with E-state index >= 15 is 0 Å². The van der Waals surface area contributed by atoms with E-state index in [-0.39, 0.29) is 18.3 Å². The number of carbonyl (C=O) groups excluding carboxylic acids is 1. The Bertz CT molecular complexity index is 234. The summed E-state index contributed by atoms with van der Waals surface area (Å²) < 4.78 is 5.66. The van der Waals surface area contributed by atoms with Crippen LogP contribution in [-0.2, 0) is 9.53 Å². The third-order valence-electron chi connectivity index (χ3n) is 3.25. The Hall–Kier alpha value is -0.410. The zero-order chi connectivity index (χ0) is 14.2. The van der Waals surface area contributed by atoms with E-state index in [0.717, 1.165) is 25.7 Å². The Morgan fingerprint density at radius 1 is 1.33 bits per heavy atom. The SMILES string of the molecule is CCCCC(CC)C(=O)COC(C)(C)CC(C)O. The Morgan fingerprint density at radius 2 is 1.94 bits per heavy atom. The molecule has 0 spiro atoms. The van der Waals surface area contributed by atoms with Crippen molar-refractivity contribution in [3.8, 4) is 0 Å². The van der Waals surface area contributed by atoms with Gasteiger partial charge in [0.1, 0.15) is 6.61 Å². The number of carbonyl (C=O) groups is 1. The van der Waals surface area contributed by atoms with Crippen molar-refractivity contribution in [3.05, 3.63) is 0 Å². The molecule has 2 unspecified atom stereocenters. The van der Waals surface area contributed by atoms with E-state index in [1.807, 2.05) is 13.8 Å². The lowest BCUT2D eigenvalue weighted by Gasteiger charge is -2.27. The molecule has 0 aromatic rings. The number of ketones is 1. The van der Waals surface area contributed by atoms with Crippen molar-refractivity contribution < 1.29 is 14.6 Å². The van der Waals surface area contributed by atoms with E-state index in [2.05, 4.69) is 13.8 Å². The summed E-state index contributed by atoms with van der Waals surface area (Å²) in [6, 6.07) is 0. The molecule has 18 heavy (non-hydrogen) atoms. The number of aliphatic hydroxyl groups is 1. The third-order valence-corrected chi connectivity index (χ3v) is 3.25. The highest BCUT2D eigenvalue weighted by molar-refractivity contribution is 5.82. The second-order valence-corrected chi connectivity index (χ2v) is 5.82. The van der Waals surface area contributed by atoms with Crippen molar-refractivity contribution in [2.24, 2.45) is 5.92 Å². The van der Waals surface area contributed by atoms with Gasteiger partial charge in [0.2, 0.25) is 0 Å². The highest BCUT2D eigenvalue weighted by atomic mass is 16.5. The number of rotatable bonds is 10. The number of unbranched alkanes of at least 4 members (excludes halogenated alkanes) is 1. The van der Waals surface area contributed by atoms with E-state index in [4.69, 9.17) is 4.74 Å². The van der Waals surface area contributed by atoms with Gasteiger partial charge in [0.05, 0.1) is 11.7 Å². The molecule has 0 amide bonds. The highest BCUT2D eigenvalue weighted by Crippen LogP contribution is 2.19. The van der Waals surface area contributed by atoms with Crippen LogP contribution in [0.1, 0.15) is 66.7 Å². The fourth-order valence-electron chi connectivity index (χ4n) is 2.20. The standard InChI is InChI=1S/C15H30O3/c1-6-8-9-13(7-2)14(17)11-18-15(4,5)10-12(3)16/h12-13,16H,6-11H2,1-5H3. The fraction of sp³-hybridized carbons (Fsp3) is 0.933. The molecule has 0 saturated carbocycles. The largest absolute Gasteiger partial charge is 0.393 e. The minimum absolute atomic E-state index is 0.132. The maximum Gasteiger partial charge on any atom is 0.161 e. The van der Waals surface area contributed by atoms with Crippen molar-refractivity contribution in [2.75, 3.05) is 6.61 Å². The second-order valence-electron chi connectivity index (χ2n) is 5.82. The molecule has 0 aromatic carbocycles. The van der Waals surface area contributed by atoms with Gasteiger partial charge in [0, 0.05) is 12.3 Å². The van der Waals surface area contributed by atoms with Crippen molar-refractivity contribution in [3.63, 3.8) is 0 Å². The molecule has 0 aliphatic rings. The molecule has 0 fully saturated rings. The first kappa shape index (κ1) is 17.6. The molecule has 2 atom stereocenters. The van der Waals surface area contributed by atoms with Crippen molar-refractivity contribution >= 4 is 5.78 Å². The normalized spacial score (nSPS) is 15.4. The third kappa shape index (κ3) is 7.83. The number of Topliss-reactive ketones (excluding diaryl/α,β-unsaturated/α-hetero) is 1. The molecular weight excluding hydrogens is 228 g/mol. The number of ether oxygens (including phenoxy) is 1. The molecule has 3 heteroatoms. The zero-order valence-electron chi connectivity index (χ0n) is 12.7. The van der Waals surface area contributed by atoms with Crippen LogP contribution < -0.4 is 0 Å². The van der Waals surface area contributed by atoms with Crippen LogP contribution in [0, 0.1) is 5.92 Å². The maximum absolute atomic E-state index is 12.0. The summed E-state index contributed by atoms with van der Waals surface area (Å²) in [5.74, 6) is 0.330. The van der Waals surface area contributed by atoms with Gasteiger partial charge < -0.3 is 9.84 Å². The van der Waals surface area contributed by atoms with Gasteiger partial charge in [0.15, 0.2) is 5.78 Å². The van der Waals surface area contributed by atoms with Crippen molar-refractivity contribution in [1.29, 1.82) is 0 Å². The smallest absolute Gasteiger partial charge is 0.161 e. The van der Waals surface area contributed by atoms with Gasteiger partial charge in [-0.2, -0.15) is 0 Å². The molecule has 0 saturated heterocycles. The van der Waals surface area contributed by atoms with Crippen LogP contribution in [0.25, 0.3) is 0 Å². The van der Waals surface area contributed by atoms with Crippen LogP contribution in [0.2, 0.25) is 0 Å². The van der Waals surface area contributed by atoms with Gasteiger partial charge in [-0.25, -0.2) is 0 Å². The lowest BCUT2D eigenvalue weighted by atomic mass is 9.95. The van der Waals surface area contributed by atoms with Crippen LogP contribution in [-0.4, -0.2) is 29.2 Å². The predicted octanol–water partition coefficient (Wildman–Crippen LogP) is 3.34. The summed E-state index contributed by atoms with van der Waals surface area (Å²) in [4.78, 5) is 12.0. The van der Waals surface area contributed by atoms with Crippen LogP contribution in [0.5, 0.6) is 0 Å². The maximum atomic E-state index is 12.0. The molecule has 0 aliphatic heterocycles. The van der Waals surface area contributed by atoms with Gasteiger partial charge in [0.25, 0.3) is 0 Å². The molecule has 1 N–H and O–H groups in total. The van der Waals surface area contributed by atoms with E-state index in [1.54, 1.807) is 6.92 Å². The monoisotopic (exact) mass is 258 g/mol. The molecular formula is C15H30O3. The summed E-state index contributed by atoms with van der Waals surface area (Å²) in [5, 5.41) is 9.36. The van der Waals surface area contributed by atoms with Crippen LogP contribution >= 0.6 is 0 Å². The van der Waals surface area contributed by atoms with Gasteiger partial charge in [-0.15, -0.1) is 0 Å². The first-order valence-electron chi connectivity index (χ1n) is 7.17. The Morgan fingerprint density at radius 3 is 2.39 bits per heavy atom. The number of hydrogen-bond acceptors (Lipinski definition) is 3. The van der Waals surface area contributed by atoms with Gasteiger partial charge >= 0.3 is 0 Å². The van der Waals surface area contributed by atoms with E-state index in [0.29, 0.717) is 6.42 Å². The summed E-state index contributed by atoms with van der Waals surface area (Å²) in [5.41, 5.74) is -0.438. The number of hydrogen-bond donors (Lipinski definition) is 1. The number of aliphatic hydroxyl groups excluding tert-OH is 1. The second kappa shape index (κ2) is 8.65. The van der Waals surface area contributed by atoms with Gasteiger partial charge in [-0.1, -0.05) is 26.7 Å². The molecule has 0 aromatic heterocycles. The predicted molar refractivity (Wildman–Crippen MR) is 74.6 cm³/mol. The molecule has 0 radical (unpaired) electrons. The molecule has 0 rings (SSSR count). The van der Waals surface area contributed by atoms with Gasteiger partial charge in [-0.05, 0) is 33.6 Å². The van der Waals surface area contributed by atoms with E-state index < -0.39 is 11.7 Å². The molecule has 0 bridgehead atoms. The first-order valence-corrected chi connectivity index (χ1v) is 7.17. The molecule has 0 heterocycles. The summed E-state index contributed by atoms with van der Waals surface area (Å²) in [6.45, 7) is 9.93.